The molecule has 0 saturated heterocycles. The molecule has 0 bridgehead atoms. The lowest BCUT2D eigenvalue weighted by molar-refractivity contribution is 0.663. The van der Waals surface area contributed by atoms with Gasteiger partial charge in [0.25, 0.3) is 0 Å². The largest absolute Gasteiger partial charge is 0.456 e. The molecule has 4 heterocycles. The summed E-state index contributed by atoms with van der Waals surface area (Å²) in [6.45, 7) is 0. The van der Waals surface area contributed by atoms with Crippen molar-refractivity contribution in [2.45, 2.75) is 0 Å². The molecule has 0 unspecified atom stereocenters. The van der Waals surface area contributed by atoms with Crippen molar-refractivity contribution in [2.24, 2.45) is 0 Å². The third kappa shape index (κ3) is 6.95. The van der Waals surface area contributed by atoms with E-state index in [1.165, 1.54) is 0 Å². The van der Waals surface area contributed by atoms with E-state index in [0.29, 0.717) is 27.9 Å². The SMILES string of the molecule is N#Cc1c2oc3cc4cc(N(c5ccccc5)c5cccc6c5oc5c(-c7ccccc7)cccc56)ccc4cc3c2cc2oc3cc4cc(N(c5ccccc5)c5cccc6c5oc5c(-c7ccccc7)cccc56)ccc4cc3c12. The fraction of sp³-hybridized carbons (Fsp3) is 0. The molecule has 0 saturated carbocycles. The zero-order valence-electron chi connectivity index (χ0n) is 43.8. The van der Waals surface area contributed by atoms with Crippen LogP contribution in [0.25, 0.3) is 132 Å². The zero-order chi connectivity index (χ0) is 54.0. The number of rotatable bonds is 8. The summed E-state index contributed by atoms with van der Waals surface area (Å²) in [6.07, 6.45) is 0. The van der Waals surface area contributed by atoms with Gasteiger partial charge in [0.15, 0.2) is 16.7 Å². The summed E-state index contributed by atoms with van der Waals surface area (Å²) in [5.41, 5.74) is 16.3. The highest BCUT2D eigenvalue weighted by atomic mass is 16.3. The molecule has 0 fully saturated rings. The molecule has 4 aromatic heterocycles. The van der Waals surface area contributed by atoms with Crippen LogP contribution >= 0.6 is 0 Å². The highest BCUT2D eigenvalue weighted by Crippen LogP contribution is 2.49. The van der Waals surface area contributed by atoms with E-state index in [-0.39, 0.29) is 0 Å². The summed E-state index contributed by atoms with van der Waals surface area (Å²) in [7, 11) is 0. The quantitative estimate of drug-likeness (QED) is 0.150. The van der Waals surface area contributed by atoms with Gasteiger partial charge < -0.3 is 27.5 Å². The molecule has 7 nitrogen and oxygen atoms in total. The maximum absolute atomic E-state index is 11.1. The Labute approximate surface area is 468 Å². The molecule has 0 amide bonds. The van der Waals surface area contributed by atoms with E-state index >= 15 is 0 Å². The minimum Gasteiger partial charge on any atom is -0.456 e. The highest BCUT2D eigenvalue weighted by Gasteiger charge is 2.25. The first kappa shape index (κ1) is 45.7. The molecular weight excluding hydrogens is 1010 g/mol. The molecule has 13 aromatic carbocycles. The molecule has 0 aliphatic rings. The Kier molecular flexibility index (Phi) is 9.94. The molecular formula is C75H43N3O4. The molecule has 82 heavy (non-hydrogen) atoms. The Balaban J connectivity index is 0.775. The van der Waals surface area contributed by atoms with Crippen LogP contribution in [0.1, 0.15) is 5.56 Å². The predicted octanol–water partition coefficient (Wildman–Crippen LogP) is 21.7. The summed E-state index contributed by atoms with van der Waals surface area (Å²) in [5.74, 6) is 0. The average molecular weight is 1050 g/mol. The molecule has 0 atom stereocenters. The predicted molar refractivity (Wildman–Crippen MR) is 336 cm³/mol. The molecule has 0 radical (unpaired) electrons. The number of hydrogen-bond donors (Lipinski definition) is 0. The second-order valence-electron chi connectivity index (χ2n) is 21.0. The minimum absolute atomic E-state index is 0.442. The third-order valence-electron chi connectivity index (χ3n) is 16.4. The molecule has 17 aromatic rings. The number of furan rings is 4. The number of benzene rings is 13. The van der Waals surface area contributed by atoms with Gasteiger partial charge in [0.05, 0.1) is 11.4 Å². The van der Waals surface area contributed by atoms with Crippen LogP contribution in [-0.2, 0) is 0 Å². The number of para-hydroxylation sites is 6. The van der Waals surface area contributed by atoms with E-state index in [1.807, 2.05) is 30.3 Å². The summed E-state index contributed by atoms with van der Waals surface area (Å²) >= 11 is 0. The lowest BCUT2D eigenvalue weighted by Gasteiger charge is -2.25. The summed E-state index contributed by atoms with van der Waals surface area (Å²) in [4.78, 5) is 4.52. The number of nitrogens with zero attached hydrogens (tertiary/aromatic N) is 3. The van der Waals surface area contributed by atoms with Crippen molar-refractivity contribution in [2.75, 3.05) is 9.80 Å². The van der Waals surface area contributed by atoms with Crippen molar-refractivity contribution in [1.82, 2.24) is 0 Å². The fourth-order valence-electron chi connectivity index (χ4n) is 12.7. The first-order valence-electron chi connectivity index (χ1n) is 27.4. The smallest absolute Gasteiger partial charge is 0.159 e. The van der Waals surface area contributed by atoms with E-state index in [0.717, 1.165) is 143 Å². The first-order chi connectivity index (χ1) is 40.6. The van der Waals surface area contributed by atoms with Gasteiger partial charge in [0.2, 0.25) is 0 Å². The number of nitriles is 1. The lowest BCUT2D eigenvalue weighted by atomic mass is 9.99. The second kappa shape index (κ2) is 17.8. The van der Waals surface area contributed by atoms with Gasteiger partial charge in [-0.05, 0) is 124 Å². The van der Waals surface area contributed by atoms with Gasteiger partial charge in [-0.1, -0.05) is 170 Å². The molecule has 7 heteroatoms. The standard InChI is InChI=1S/C75H43N3O4/c76-44-64-70-63-40-48-34-36-54(78(52-23-11-4-12-24-52)66-32-16-30-60-58-28-14-26-56(72(58)82-75(60)66)46-19-7-2-8-20-46)38-50(48)42-68(63)79-69(70)43-62-61-39-47-33-35-53(37-49(47)41-67(61)80-73(62)64)77(51-21-9-3-10-22-51)65-31-15-29-59-57-27-13-25-55(71(57)81-74(59)65)45-17-5-1-6-18-45/h1-43H. The molecule has 0 aliphatic carbocycles. The lowest BCUT2D eigenvalue weighted by Crippen LogP contribution is -2.10. The highest BCUT2D eigenvalue weighted by molar-refractivity contribution is 6.22. The number of anilines is 6. The minimum atomic E-state index is 0.442. The van der Waals surface area contributed by atoms with Gasteiger partial charge in [-0.3, -0.25) is 0 Å². The maximum Gasteiger partial charge on any atom is 0.159 e. The molecule has 382 valence electrons. The Bertz CT molecular complexity index is 5260. The van der Waals surface area contributed by atoms with Crippen LogP contribution in [-0.4, -0.2) is 0 Å². The van der Waals surface area contributed by atoms with Crippen LogP contribution in [0.4, 0.5) is 34.1 Å². The topological polar surface area (TPSA) is 82.8 Å². The van der Waals surface area contributed by atoms with Crippen molar-refractivity contribution < 1.29 is 17.7 Å². The van der Waals surface area contributed by atoms with E-state index in [9.17, 15) is 5.26 Å². The maximum atomic E-state index is 11.1. The van der Waals surface area contributed by atoms with Gasteiger partial charge in [-0.2, -0.15) is 5.26 Å². The molecule has 17 rings (SSSR count). The van der Waals surface area contributed by atoms with E-state index in [1.54, 1.807) is 0 Å². The summed E-state index contributed by atoms with van der Waals surface area (Å²) < 4.78 is 27.5. The van der Waals surface area contributed by atoms with Crippen molar-refractivity contribution in [1.29, 1.82) is 5.26 Å². The number of hydrogen-bond acceptors (Lipinski definition) is 7. The van der Waals surface area contributed by atoms with Crippen LogP contribution in [0.5, 0.6) is 0 Å². The number of fused-ring (bicyclic) bond motifs is 14. The summed E-state index contributed by atoms with van der Waals surface area (Å²) in [6, 6.07) is 93.2. The molecule has 0 N–H and O–H groups in total. The Morgan fingerprint density at radius 1 is 0.280 bits per heavy atom. The fourth-order valence-corrected chi connectivity index (χ4v) is 12.7. The molecule has 0 spiro atoms. The van der Waals surface area contributed by atoms with Crippen molar-refractivity contribution >= 4 is 143 Å². The van der Waals surface area contributed by atoms with Crippen molar-refractivity contribution in [3.8, 4) is 28.3 Å². The van der Waals surface area contributed by atoms with Crippen LogP contribution in [0, 0.1) is 11.3 Å². The van der Waals surface area contributed by atoms with Crippen LogP contribution in [0.15, 0.2) is 279 Å². The van der Waals surface area contributed by atoms with Gasteiger partial charge in [-0.15, -0.1) is 0 Å². The Morgan fingerprint density at radius 3 is 1.23 bits per heavy atom. The summed E-state index contributed by atoms with van der Waals surface area (Å²) in [5, 5.41) is 22.6. The normalized spacial score (nSPS) is 11.9. The van der Waals surface area contributed by atoms with Gasteiger partial charge >= 0.3 is 0 Å². The van der Waals surface area contributed by atoms with Crippen LogP contribution in [0.2, 0.25) is 0 Å². The average Bonchev–Trinajstić information content (AvgIpc) is 3.03. The van der Waals surface area contributed by atoms with Crippen LogP contribution < -0.4 is 9.80 Å². The van der Waals surface area contributed by atoms with E-state index in [4.69, 9.17) is 17.7 Å². The molecule has 0 aliphatic heterocycles. The van der Waals surface area contributed by atoms with Gasteiger partial charge in [-0.25, -0.2) is 0 Å². The van der Waals surface area contributed by atoms with E-state index in [2.05, 4.69) is 246 Å². The van der Waals surface area contributed by atoms with Gasteiger partial charge in [0, 0.05) is 77.0 Å². The monoisotopic (exact) mass is 1050 g/mol. The van der Waals surface area contributed by atoms with Crippen molar-refractivity contribution in [3.05, 3.63) is 266 Å². The van der Waals surface area contributed by atoms with E-state index < -0.39 is 0 Å². The first-order valence-corrected chi connectivity index (χ1v) is 27.4. The van der Waals surface area contributed by atoms with Gasteiger partial charge in [0.1, 0.15) is 39.5 Å². The Hall–Kier alpha value is -11.3. The Morgan fingerprint density at radius 2 is 0.732 bits per heavy atom. The zero-order valence-corrected chi connectivity index (χ0v) is 43.8. The van der Waals surface area contributed by atoms with Crippen molar-refractivity contribution in [3.63, 3.8) is 0 Å². The third-order valence-corrected chi connectivity index (χ3v) is 16.4. The van der Waals surface area contributed by atoms with Crippen LogP contribution in [0.3, 0.4) is 0 Å². The second-order valence-corrected chi connectivity index (χ2v) is 21.0.